The monoisotopic (exact) mass is 447 g/mol. The molecule has 158 valence electrons. The zero-order chi connectivity index (χ0) is 20.6. The van der Waals surface area contributed by atoms with Crippen molar-refractivity contribution in [1.29, 1.82) is 0 Å². The van der Waals surface area contributed by atoms with Crippen molar-refractivity contribution < 1.29 is 14.8 Å². The van der Waals surface area contributed by atoms with Gasteiger partial charge in [-0.1, -0.05) is 41.9 Å². The maximum Gasteiger partial charge on any atom is 0.267 e. The first-order valence-electron chi connectivity index (χ1n) is 9.25. The number of amides is 2. The Morgan fingerprint density at radius 3 is 2.20 bits per heavy atom. The van der Waals surface area contributed by atoms with E-state index in [2.05, 4.69) is 4.90 Å². The van der Waals surface area contributed by atoms with E-state index in [-0.39, 0.29) is 18.3 Å². The van der Waals surface area contributed by atoms with Gasteiger partial charge in [-0.2, -0.15) is 0 Å². The Hall–Kier alpha value is -2.80. The number of benzene rings is 2. The summed E-state index contributed by atoms with van der Waals surface area (Å²) >= 11 is 6.26. The van der Waals surface area contributed by atoms with E-state index in [9.17, 15) is 9.59 Å². The summed E-state index contributed by atoms with van der Waals surface area (Å²) in [4.78, 5) is 27.6. The maximum absolute atomic E-state index is 12.5. The highest BCUT2D eigenvalue weighted by molar-refractivity contribution is 6.33. The number of anilines is 1. The molecule has 0 aliphatic carbocycles. The van der Waals surface area contributed by atoms with Crippen LogP contribution >= 0.6 is 24.0 Å². The van der Waals surface area contributed by atoms with Gasteiger partial charge in [0, 0.05) is 38.3 Å². The van der Waals surface area contributed by atoms with E-state index in [4.69, 9.17) is 16.8 Å². The van der Waals surface area contributed by atoms with Gasteiger partial charge < -0.3 is 9.80 Å². The third-order valence-corrected chi connectivity index (χ3v) is 4.97. The van der Waals surface area contributed by atoms with Gasteiger partial charge in [0.25, 0.3) is 5.91 Å². The number of hydrogen-bond donors (Lipinski definition) is 2. The summed E-state index contributed by atoms with van der Waals surface area (Å²) < 4.78 is 0. The fraction of sp³-hybridized carbons (Fsp3) is 0.182. The molecule has 2 aromatic carbocycles. The van der Waals surface area contributed by atoms with Crippen molar-refractivity contribution in [2.45, 2.75) is 0 Å². The summed E-state index contributed by atoms with van der Waals surface area (Å²) in [5.41, 5.74) is 4.17. The molecule has 0 spiro atoms. The molecular formula is C22H23Cl2N3O3. The first-order chi connectivity index (χ1) is 14.1. The summed E-state index contributed by atoms with van der Waals surface area (Å²) in [6, 6.07) is 15.1. The average Bonchev–Trinajstić information content (AvgIpc) is 2.76. The van der Waals surface area contributed by atoms with Crippen molar-refractivity contribution in [3.8, 4) is 0 Å². The van der Waals surface area contributed by atoms with Crippen molar-refractivity contribution >= 4 is 53.7 Å². The van der Waals surface area contributed by atoms with Crippen molar-refractivity contribution in [2.24, 2.45) is 0 Å². The second-order valence-electron chi connectivity index (χ2n) is 6.58. The second-order valence-corrected chi connectivity index (χ2v) is 6.98. The van der Waals surface area contributed by atoms with Crippen molar-refractivity contribution in [2.75, 3.05) is 31.1 Å². The molecule has 0 radical (unpaired) electrons. The molecule has 3 rings (SSSR count). The van der Waals surface area contributed by atoms with E-state index >= 15 is 0 Å². The first kappa shape index (κ1) is 23.5. The van der Waals surface area contributed by atoms with E-state index in [1.165, 1.54) is 6.08 Å². The zero-order valence-corrected chi connectivity index (χ0v) is 17.8. The Morgan fingerprint density at radius 1 is 0.933 bits per heavy atom. The van der Waals surface area contributed by atoms with Crippen LogP contribution < -0.4 is 10.4 Å². The normalized spacial score (nSPS) is 14.1. The van der Waals surface area contributed by atoms with Crippen LogP contribution in [0.2, 0.25) is 5.02 Å². The molecule has 0 aromatic heterocycles. The van der Waals surface area contributed by atoms with E-state index in [0.29, 0.717) is 13.1 Å². The van der Waals surface area contributed by atoms with Crippen LogP contribution in [0.1, 0.15) is 11.1 Å². The molecule has 0 atom stereocenters. The molecule has 2 N–H and O–H groups in total. The lowest BCUT2D eigenvalue weighted by Gasteiger charge is -2.36. The Morgan fingerprint density at radius 2 is 1.57 bits per heavy atom. The van der Waals surface area contributed by atoms with E-state index in [1.54, 1.807) is 23.7 Å². The number of hydrogen-bond acceptors (Lipinski definition) is 4. The third kappa shape index (κ3) is 6.35. The molecule has 0 saturated carbocycles. The molecule has 30 heavy (non-hydrogen) atoms. The second kappa shape index (κ2) is 11.4. The molecule has 1 heterocycles. The zero-order valence-electron chi connectivity index (χ0n) is 16.2. The van der Waals surface area contributed by atoms with Crippen LogP contribution in [0.3, 0.4) is 0 Å². The van der Waals surface area contributed by atoms with E-state index < -0.39 is 5.91 Å². The van der Waals surface area contributed by atoms with Gasteiger partial charge in [-0.25, -0.2) is 5.48 Å². The molecular weight excluding hydrogens is 425 g/mol. The van der Waals surface area contributed by atoms with Crippen molar-refractivity contribution in [3.63, 3.8) is 0 Å². The maximum atomic E-state index is 12.5. The smallest absolute Gasteiger partial charge is 0.267 e. The number of carbonyl (C=O) groups excluding carboxylic acids is 2. The Balaban J connectivity index is 0.00000320. The summed E-state index contributed by atoms with van der Waals surface area (Å²) in [6.07, 6.45) is 6.13. The highest BCUT2D eigenvalue weighted by Gasteiger charge is 2.20. The van der Waals surface area contributed by atoms with Crippen LogP contribution in [0.5, 0.6) is 0 Å². The lowest BCUT2D eigenvalue weighted by molar-refractivity contribution is -0.126. The van der Waals surface area contributed by atoms with Crippen LogP contribution in [0, 0.1) is 0 Å². The van der Waals surface area contributed by atoms with Crippen LogP contribution in [0.25, 0.3) is 12.2 Å². The van der Waals surface area contributed by atoms with Gasteiger partial charge in [-0.05, 0) is 41.5 Å². The van der Waals surface area contributed by atoms with Crippen LogP contribution in [-0.4, -0.2) is 48.1 Å². The lowest BCUT2D eigenvalue weighted by atomic mass is 10.1. The first-order valence-corrected chi connectivity index (χ1v) is 9.63. The number of piperazine rings is 1. The molecule has 0 bridgehead atoms. The Bertz CT molecular complexity index is 939. The number of nitrogens with one attached hydrogen (secondary N) is 1. The number of hydroxylamine groups is 1. The number of nitrogens with zero attached hydrogens (tertiary/aromatic N) is 2. The highest BCUT2D eigenvalue weighted by Crippen LogP contribution is 2.26. The molecule has 1 fully saturated rings. The van der Waals surface area contributed by atoms with Crippen LogP contribution in [0.15, 0.2) is 60.7 Å². The average molecular weight is 448 g/mol. The predicted octanol–water partition coefficient (Wildman–Crippen LogP) is 3.64. The van der Waals surface area contributed by atoms with Gasteiger partial charge >= 0.3 is 0 Å². The summed E-state index contributed by atoms with van der Waals surface area (Å²) in [6.45, 7) is 2.73. The number of halogens is 2. The Kier molecular flexibility index (Phi) is 8.92. The van der Waals surface area contributed by atoms with Gasteiger partial charge in [-0.15, -0.1) is 12.4 Å². The SMILES string of the molecule is Cl.O=C(/C=C/c1cccc(/C=C/C(=O)N2CCN(c3ccccc3Cl)CC2)c1)NO. The number of para-hydroxylation sites is 1. The molecule has 1 saturated heterocycles. The summed E-state index contributed by atoms with van der Waals surface area (Å²) in [5, 5.41) is 9.24. The minimum absolute atomic E-state index is 0. The lowest BCUT2D eigenvalue weighted by Crippen LogP contribution is -2.48. The fourth-order valence-corrected chi connectivity index (χ4v) is 3.38. The minimum atomic E-state index is -0.600. The summed E-state index contributed by atoms with van der Waals surface area (Å²) in [5.74, 6) is -0.638. The van der Waals surface area contributed by atoms with E-state index in [1.807, 2.05) is 53.4 Å². The fourth-order valence-electron chi connectivity index (χ4n) is 3.12. The number of carbonyl (C=O) groups is 2. The van der Waals surface area contributed by atoms with Gasteiger partial charge in [0.05, 0.1) is 10.7 Å². The van der Waals surface area contributed by atoms with Crippen LogP contribution in [-0.2, 0) is 9.59 Å². The molecule has 1 aliphatic rings. The molecule has 2 aromatic rings. The predicted molar refractivity (Wildman–Crippen MR) is 122 cm³/mol. The topological polar surface area (TPSA) is 72.9 Å². The molecule has 6 nitrogen and oxygen atoms in total. The van der Waals surface area contributed by atoms with Gasteiger partial charge in [0.15, 0.2) is 0 Å². The molecule has 2 amide bonds. The largest absolute Gasteiger partial charge is 0.367 e. The standard InChI is InChI=1S/C22H22ClN3O3.ClH/c23-19-6-1-2-7-20(19)25-12-14-26(15-13-25)22(28)11-9-18-5-3-4-17(16-18)8-10-21(27)24-29;/h1-11,16,29H,12-15H2,(H,24,27);1H/b10-8+,11-9+;. The minimum Gasteiger partial charge on any atom is -0.367 e. The Labute approximate surface area is 186 Å². The van der Waals surface area contributed by atoms with Crippen molar-refractivity contribution in [1.82, 2.24) is 10.4 Å². The van der Waals surface area contributed by atoms with Crippen molar-refractivity contribution in [3.05, 3.63) is 76.8 Å². The highest BCUT2D eigenvalue weighted by atomic mass is 35.5. The molecule has 0 unspecified atom stereocenters. The quantitative estimate of drug-likeness (QED) is 0.416. The third-order valence-electron chi connectivity index (χ3n) is 4.65. The van der Waals surface area contributed by atoms with Gasteiger partial charge in [0.1, 0.15) is 0 Å². The summed E-state index contributed by atoms with van der Waals surface area (Å²) in [7, 11) is 0. The molecule has 8 heteroatoms. The van der Waals surface area contributed by atoms with Gasteiger partial charge in [-0.3, -0.25) is 14.8 Å². The molecule has 1 aliphatic heterocycles. The van der Waals surface area contributed by atoms with Gasteiger partial charge in [0.2, 0.25) is 5.91 Å². The van der Waals surface area contributed by atoms with Crippen LogP contribution in [0.4, 0.5) is 5.69 Å². The number of rotatable bonds is 5. The van der Waals surface area contributed by atoms with E-state index in [0.717, 1.165) is 34.9 Å².